The molecule has 0 aromatic carbocycles. The lowest BCUT2D eigenvalue weighted by Gasteiger charge is -2.24. The molecule has 1 saturated carbocycles. The van der Waals surface area contributed by atoms with E-state index in [4.69, 9.17) is 4.42 Å². The van der Waals surface area contributed by atoms with Gasteiger partial charge in [-0.25, -0.2) is 0 Å². The average Bonchev–Trinajstić information content (AvgIpc) is 3.03. The van der Waals surface area contributed by atoms with Crippen LogP contribution in [-0.2, 0) is 16.1 Å². The smallest absolute Gasteiger partial charge is 0.290 e. The van der Waals surface area contributed by atoms with Crippen LogP contribution < -0.4 is 0 Å². The summed E-state index contributed by atoms with van der Waals surface area (Å²) in [7, 11) is 0. The van der Waals surface area contributed by atoms with Gasteiger partial charge >= 0.3 is 0 Å². The minimum atomic E-state index is -0.681. The summed E-state index contributed by atoms with van der Waals surface area (Å²) < 4.78 is 6.14. The molecule has 5 nitrogen and oxygen atoms in total. The highest BCUT2D eigenvalue weighted by Gasteiger charge is 2.48. The number of carbonyl (C=O) groups is 2. The van der Waals surface area contributed by atoms with E-state index in [1.165, 1.54) is 16.2 Å². The van der Waals surface area contributed by atoms with Crippen molar-refractivity contribution in [2.75, 3.05) is 0 Å². The molecule has 1 aliphatic heterocycles. The van der Waals surface area contributed by atoms with Gasteiger partial charge in [0.05, 0.1) is 12.1 Å². The van der Waals surface area contributed by atoms with E-state index in [0.717, 1.165) is 17.7 Å². The number of amides is 1. The number of thiophene rings is 1. The zero-order chi connectivity index (χ0) is 16.8. The summed E-state index contributed by atoms with van der Waals surface area (Å²) >= 11 is 4.78. The molecule has 1 aliphatic carbocycles. The molecular weight excluding hydrogens is 394 g/mol. The highest BCUT2D eigenvalue weighted by atomic mass is 79.9. The number of furan rings is 1. The topological polar surface area (TPSA) is 70.8 Å². The third kappa shape index (κ3) is 2.61. The normalized spacial score (nSPS) is 21.0. The van der Waals surface area contributed by atoms with Crippen LogP contribution >= 0.6 is 27.3 Å². The lowest BCUT2D eigenvalue weighted by atomic mass is 9.98. The monoisotopic (exact) mass is 407 g/mol. The van der Waals surface area contributed by atoms with Crippen molar-refractivity contribution in [3.05, 3.63) is 56.3 Å². The molecule has 7 heteroatoms. The molecule has 3 heterocycles. The molecule has 1 N–H and O–H groups in total. The van der Waals surface area contributed by atoms with Crippen molar-refractivity contribution in [2.24, 2.45) is 5.92 Å². The number of aliphatic hydroxyl groups is 1. The van der Waals surface area contributed by atoms with Gasteiger partial charge in [-0.05, 0) is 52.4 Å². The first-order valence-electron chi connectivity index (χ1n) is 7.62. The third-order valence-corrected chi connectivity index (χ3v) is 5.57. The Labute approximate surface area is 150 Å². The summed E-state index contributed by atoms with van der Waals surface area (Å²) in [6.07, 6.45) is 1.62. The van der Waals surface area contributed by atoms with Crippen LogP contribution in [0.4, 0.5) is 0 Å². The first kappa shape index (κ1) is 15.7. The van der Waals surface area contributed by atoms with Crippen LogP contribution in [0.15, 0.2) is 50.1 Å². The number of carbonyl (C=O) groups excluding carboxylic acids is 2. The second-order valence-electron chi connectivity index (χ2n) is 5.96. The molecule has 124 valence electrons. The minimum absolute atomic E-state index is 0.0856. The van der Waals surface area contributed by atoms with Gasteiger partial charge in [0.1, 0.15) is 11.8 Å². The van der Waals surface area contributed by atoms with E-state index in [-0.39, 0.29) is 17.3 Å². The lowest BCUT2D eigenvalue weighted by Crippen LogP contribution is -2.30. The standard InChI is InChI=1S/C17H14BrNO4S/c18-12-6-5-11(23-12)14-13(15(20)9-3-4-9)16(21)17(22)19(14)8-10-2-1-7-24-10/h1-2,5-7,9,14,21H,3-4,8H2. The Balaban J connectivity index is 1.76. The fourth-order valence-electron chi connectivity index (χ4n) is 2.98. The number of aliphatic hydroxyl groups excluding tert-OH is 1. The Morgan fingerprint density at radius 2 is 2.17 bits per heavy atom. The van der Waals surface area contributed by atoms with Crippen LogP contribution in [0.5, 0.6) is 0 Å². The highest BCUT2D eigenvalue weighted by Crippen LogP contribution is 2.44. The van der Waals surface area contributed by atoms with Gasteiger partial charge in [0.25, 0.3) is 5.91 Å². The average molecular weight is 408 g/mol. The Bertz CT molecular complexity index is 835. The summed E-state index contributed by atoms with van der Waals surface area (Å²) in [6, 6.07) is 6.59. The predicted molar refractivity (Wildman–Crippen MR) is 91.4 cm³/mol. The molecule has 2 aromatic heterocycles. The summed E-state index contributed by atoms with van der Waals surface area (Å²) in [5.41, 5.74) is 0.168. The van der Waals surface area contributed by atoms with Crippen molar-refractivity contribution in [3.63, 3.8) is 0 Å². The second-order valence-corrected chi connectivity index (χ2v) is 7.77. The van der Waals surface area contributed by atoms with Crippen molar-refractivity contribution in [2.45, 2.75) is 25.4 Å². The predicted octanol–water partition coefficient (Wildman–Crippen LogP) is 3.98. The van der Waals surface area contributed by atoms with Gasteiger partial charge in [0.15, 0.2) is 16.2 Å². The van der Waals surface area contributed by atoms with Crippen molar-refractivity contribution in [1.29, 1.82) is 0 Å². The van der Waals surface area contributed by atoms with Gasteiger partial charge in [-0.1, -0.05) is 6.07 Å². The van der Waals surface area contributed by atoms with Crippen molar-refractivity contribution < 1.29 is 19.1 Å². The Morgan fingerprint density at radius 3 is 2.75 bits per heavy atom. The van der Waals surface area contributed by atoms with Crippen molar-refractivity contribution in [1.82, 2.24) is 4.90 Å². The van der Waals surface area contributed by atoms with Crippen molar-refractivity contribution in [3.8, 4) is 0 Å². The highest BCUT2D eigenvalue weighted by molar-refractivity contribution is 9.10. The van der Waals surface area contributed by atoms with E-state index in [2.05, 4.69) is 15.9 Å². The largest absolute Gasteiger partial charge is 0.503 e. The molecule has 2 aromatic rings. The maximum Gasteiger partial charge on any atom is 0.290 e. The summed E-state index contributed by atoms with van der Waals surface area (Å²) in [5.74, 6) is -0.727. The number of halogens is 1. The molecule has 1 unspecified atom stereocenters. The van der Waals surface area contributed by atoms with E-state index in [1.807, 2.05) is 17.5 Å². The van der Waals surface area contributed by atoms with Gasteiger partial charge in [-0.3, -0.25) is 9.59 Å². The van der Waals surface area contributed by atoms with E-state index >= 15 is 0 Å². The molecule has 0 bridgehead atoms. The van der Waals surface area contributed by atoms with Gasteiger partial charge in [-0.2, -0.15) is 0 Å². The van der Waals surface area contributed by atoms with E-state index in [1.54, 1.807) is 12.1 Å². The number of nitrogens with zero attached hydrogens (tertiary/aromatic N) is 1. The molecule has 2 aliphatic rings. The molecule has 4 rings (SSSR count). The zero-order valence-corrected chi connectivity index (χ0v) is 15.0. The summed E-state index contributed by atoms with van der Waals surface area (Å²) in [5, 5.41) is 12.3. The molecule has 0 spiro atoms. The first-order valence-corrected chi connectivity index (χ1v) is 9.29. The second kappa shape index (κ2) is 5.89. The maximum absolute atomic E-state index is 12.7. The fraction of sp³-hybridized carbons (Fsp3) is 0.294. The summed E-state index contributed by atoms with van der Waals surface area (Å²) in [6.45, 7) is 0.324. The molecule has 1 fully saturated rings. The Kier molecular flexibility index (Phi) is 3.85. The van der Waals surface area contributed by atoms with Gasteiger partial charge < -0.3 is 14.4 Å². The number of rotatable bonds is 5. The summed E-state index contributed by atoms with van der Waals surface area (Å²) in [4.78, 5) is 27.7. The van der Waals surface area contributed by atoms with E-state index < -0.39 is 17.7 Å². The zero-order valence-electron chi connectivity index (χ0n) is 12.6. The van der Waals surface area contributed by atoms with Crippen LogP contribution in [0.2, 0.25) is 0 Å². The SMILES string of the molecule is O=C(C1=C(O)C(=O)N(Cc2cccs2)C1c1ccc(Br)o1)C1CC1. The van der Waals surface area contributed by atoms with Gasteiger partial charge in [0, 0.05) is 10.8 Å². The Morgan fingerprint density at radius 1 is 1.38 bits per heavy atom. The molecule has 0 radical (unpaired) electrons. The fourth-order valence-corrected chi connectivity index (χ4v) is 4.00. The molecule has 0 saturated heterocycles. The van der Waals surface area contributed by atoms with Crippen LogP contribution in [-0.4, -0.2) is 21.7 Å². The van der Waals surface area contributed by atoms with Gasteiger partial charge in [-0.15, -0.1) is 11.3 Å². The molecule has 24 heavy (non-hydrogen) atoms. The molecule has 1 amide bonds. The molecular formula is C17H14BrNO4S. The van der Waals surface area contributed by atoms with E-state index in [9.17, 15) is 14.7 Å². The van der Waals surface area contributed by atoms with E-state index in [0.29, 0.717) is 17.0 Å². The molecule has 1 atom stereocenters. The first-order chi connectivity index (χ1) is 11.6. The lowest BCUT2D eigenvalue weighted by molar-refractivity contribution is -0.130. The Hall–Kier alpha value is -1.86. The maximum atomic E-state index is 12.7. The number of ketones is 1. The minimum Gasteiger partial charge on any atom is -0.503 e. The third-order valence-electron chi connectivity index (χ3n) is 4.29. The van der Waals surface area contributed by atoms with Gasteiger partial charge in [0.2, 0.25) is 0 Å². The quantitative estimate of drug-likeness (QED) is 0.813. The van der Waals surface area contributed by atoms with Crippen LogP contribution in [0.3, 0.4) is 0 Å². The van der Waals surface area contributed by atoms with Crippen molar-refractivity contribution >= 4 is 39.0 Å². The van der Waals surface area contributed by atoms with Crippen LogP contribution in [0, 0.1) is 5.92 Å². The van der Waals surface area contributed by atoms with Crippen LogP contribution in [0.25, 0.3) is 0 Å². The number of hydrogen-bond donors (Lipinski definition) is 1. The number of Topliss-reactive ketones (excluding diaryl/α,β-unsaturated/α-hetero) is 1. The number of hydrogen-bond acceptors (Lipinski definition) is 5. The van der Waals surface area contributed by atoms with Crippen LogP contribution in [0.1, 0.15) is 29.5 Å².